The van der Waals surface area contributed by atoms with E-state index in [1.54, 1.807) is 28.2 Å². The molecule has 2 amide bonds. The first kappa shape index (κ1) is 31.1. The van der Waals surface area contributed by atoms with Gasteiger partial charge >= 0.3 is 5.69 Å². The largest absolute Gasteiger partial charge is 0.385 e. The monoisotopic (exact) mass is 555 g/mol. The number of carbonyl (C=O) groups excluding carboxylic acids is 2. The van der Waals surface area contributed by atoms with Gasteiger partial charge in [-0.15, -0.1) is 0 Å². The molecule has 0 spiro atoms. The van der Waals surface area contributed by atoms with E-state index in [-0.39, 0.29) is 5.69 Å². The minimum atomic E-state index is -0.824. The zero-order valence-electron chi connectivity index (χ0n) is 24.4. The number of nitrogens with zero attached hydrogens (tertiary/aromatic N) is 5. The molecule has 0 saturated carbocycles. The van der Waals surface area contributed by atoms with Gasteiger partial charge in [0.05, 0.1) is 11.0 Å². The molecule has 0 saturated heterocycles. The van der Waals surface area contributed by atoms with Crippen LogP contribution in [0.25, 0.3) is 16.8 Å². The van der Waals surface area contributed by atoms with E-state index >= 15 is 0 Å². The molecule has 1 atom stereocenters. The lowest BCUT2D eigenvalue weighted by molar-refractivity contribution is -0.119. The Labute approximate surface area is 235 Å². The average Bonchev–Trinajstić information content (AvgIpc) is 3.24. The molecule has 11 nitrogen and oxygen atoms in total. The fourth-order valence-electron chi connectivity index (χ4n) is 4.73. The summed E-state index contributed by atoms with van der Waals surface area (Å²) in [7, 11) is 1.66. The number of primary amides is 1. The van der Waals surface area contributed by atoms with Crippen LogP contribution >= 0.6 is 0 Å². The Morgan fingerprint density at radius 2 is 1.70 bits per heavy atom. The molecule has 11 heteroatoms. The first-order chi connectivity index (χ1) is 19.3. The van der Waals surface area contributed by atoms with Gasteiger partial charge in [0.2, 0.25) is 17.3 Å². The van der Waals surface area contributed by atoms with E-state index < -0.39 is 17.9 Å². The van der Waals surface area contributed by atoms with Gasteiger partial charge in [0.15, 0.2) is 0 Å². The van der Waals surface area contributed by atoms with E-state index in [9.17, 15) is 14.4 Å². The number of unbranched alkanes of at least 4 members (excludes halogenated alkanes) is 6. The van der Waals surface area contributed by atoms with Gasteiger partial charge in [-0.25, -0.2) is 9.20 Å². The van der Waals surface area contributed by atoms with Gasteiger partial charge in [0, 0.05) is 38.9 Å². The minimum absolute atomic E-state index is 0.229. The zero-order chi connectivity index (χ0) is 29.1. The van der Waals surface area contributed by atoms with Crippen molar-refractivity contribution in [3.8, 4) is 0 Å². The molecule has 0 aliphatic heterocycles. The zero-order valence-corrected chi connectivity index (χ0v) is 24.4. The first-order valence-corrected chi connectivity index (χ1v) is 14.6. The fraction of sp³-hybridized carbons (Fsp3) is 0.621. The molecule has 3 aromatic rings. The maximum absolute atomic E-state index is 14.1. The van der Waals surface area contributed by atoms with E-state index in [2.05, 4.69) is 19.2 Å². The number of imidazole rings is 1. The lowest BCUT2D eigenvalue weighted by Gasteiger charge is -2.10. The van der Waals surface area contributed by atoms with Gasteiger partial charge in [-0.05, 0) is 44.4 Å². The van der Waals surface area contributed by atoms with Crippen LogP contribution in [0.4, 0.5) is 0 Å². The first-order valence-electron chi connectivity index (χ1n) is 14.6. The second-order valence-corrected chi connectivity index (χ2v) is 10.3. The van der Waals surface area contributed by atoms with Crippen LogP contribution in [0.2, 0.25) is 0 Å². The van der Waals surface area contributed by atoms with Crippen molar-refractivity contribution < 1.29 is 14.3 Å². The molecule has 0 fully saturated rings. The third-order valence-electron chi connectivity index (χ3n) is 7.08. The number of fused-ring (bicyclic) bond motifs is 3. The van der Waals surface area contributed by atoms with Crippen molar-refractivity contribution in [1.82, 2.24) is 23.8 Å². The molecule has 0 aliphatic carbocycles. The van der Waals surface area contributed by atoms with Crippen LogP contribution < -0.4 is 22.4 Å². The van der Waals surface area contributed by atoms with Crippen molar-refractivity contribution >= 4 is 28.6 Å². The molecular formula is C29H45N7O4. The number of carbonyl (C=O) groups is 2. The molecule has 2 aromatic heterocycles. The van der Waals surface area contributed by atoms with Gasteiger partial charge in [0.25, 0.3) is 5.91 Å². The molecule has 0 radical (unpaired) electrons. The normalized spacial score (nSPS) is 12.8. The summed E-state index contributed by atoms with van der Waals surface area (Å²) >= 11 is 0. The van der Waals surface area contributed by atoms with Gasteiger partial charge in [-0.3, -0.25) is 19.1 Å². The smallest absolute Gasteiger partial charge is 0.338 e. The van der Waals surface area contributed by atoms with E-state index in [4.69, 9.17) is 20.4 Å². The average molecular weight is 556 g/mol. The van der Waals surface area contributed by atoms with Crippen LogP contribution in [-0.2, 0) is 22.6 Å². The van der Waals surface area contributed by atoms with Crippen LogP contribution in [-0.4, -0.2) is 56.6 Å². The number of aromatic nitrogens is 4. The highest BCUT2D eigenvalue weighted by Crippen LogP contribution is 2.20. The van der Waals surface area contributed by atoms with Crippen molar-refractivity contribution in [2.24, 2.45) is 10.7 Å². The van der Waals surface area contributed by atoms with Crippen LogP contribution in [0.5, 0.6) is 0 Å². The summed E-state index contributed by atoms with van der Waals surface area (Å²) in [4.78, 5) is 48.2. The Bertz CT molecular complexity index is 1420. The second-order valence-electron chi connectivity index (χ2n) is 10.3. The molecule has 0 bridgehead atoms. The Balaban J connectivity index is 2.19. The molecular weight excluding hydrogens is 510 g/mol. The summed E-state index contributed by atoms with van der Waals surface area (Å²) in [5.74, 6) is -0.586. The van der Waals surface area contributed by atoms with Crippen LogP contribution in [0.1, 0.15) is 88.9 Å². The maximum atomic E-state index is 14.1. The number of aryl methyl sites for hydroxylation is 1. The molecule has 220 valence electrons. The number of ether oxygens (including phenoxy) is 1. The molecule has 3 rings (SSSR count). The number of hydrogen-bond acceptors (Lipinski definition) is 6. The molecule has 0 aliphatic rings. The van der Waals surface area contributed by atoms with E-state index in [0.717, 1.165) is 63.3 Å². The lowest BCUT2D eigenvalue weighted by Crippen LogP contribution is -2.42. The molecule has 40 heavy (non-hydrogen) atoms. The van der Waals surface area contributed by atoms with Crippen molar-refractivity contribution in [1.29, 1.82) is 0 Å². The van der Waals surface area contributed by atoms with Crippen molar-refractivity contribution in [3.05, 3.63) is 39.9 Å². The van der Waals surface area contributed by atoms with Gasteiger partial charge in [0.1, 0.15) is 6.04 Å². The molecule has 1 aromatic carbocycles. The highest BCUT2D eigenvalue weighted by atomic mass is 16.5. The van der Waals surface area contributed by atoms with Crippen LogP contribution in [0.15, 0.2) is 28.0 Å². The number of hydrogen-bond donors (Lipinski definition) is 2. The standard InChI is InChI=1S/C29H45N7O4/c1-5-7-9-11-16-31-27-33-28-34(18-13-19-40-4)23-15-14-22(26(38)32-21(3)25(30)37)20-24(23)36(28)29(39)35(27)17-12-10-8-6-2/h14-15,20-21H,5-13,16-19H2,1-4H3,(H2,30,37)(H,32,38)/t21-/m0/s1. The number of nitrogens with one attached hydrogen (secondary N) is 1. The predicted molar refractivity (Wildman–Crippen MR) is 156 cm³/mol. The summed E-state index contributed by atoms with van der Waals surface area (Å²) in [5.41, 5.74) is 7.21. The second kappa shape index (κ2) is 15.4. The molecule has 0 unspecified atom stereocenters. The van der Waals surface area contributed by atoms with Crippen molar-refractivity contribution in [2.45, 2.75) is 97.7 Å². The molecule has 2 heterocycles. The Kier molecular flexibility index (Phi) is 11.9. The minimum Gasteiger partial charge on any atom is -0.385 e. The van der Waals surface area contributed by atoms with Crippen LogP contribution in [0, 0.1) is 0 Å². The quantitative estimate of drug-likeness (QED) is 0.247. The third-order valence-corrected chi connectivity index (χ3v) is 7.08. The summed E-state index contributed by atoms with van der Waals surface area (Å²) in [6.45, 7) is 8.13. The van der Waals surface area contributed by atoms with Gasteiger partial charge in [-0.1, -0.05) is 52.4 Å². The highest BCUT2D eigenvalue weighted by molar-refractivity contribution is 6.00. The summed E-state index contributed by atoms with van der Waals surface area (Å²) in [5, 5.41) is 2.61. The number of nitrogens with two attached hydrogens (primary N) is 1. The summed E-state index contributed by atoms with van der Waals surface area (Å²) in [6.07, 6.45) is 9.13. The third kappa shape index (κ3) is 7.59. The highest BCUT2D eigenvalue weighted by Gasteiger charge is 2.20. The summed E-state index contributed by atoms with van der Waals surface area (Å²) < 4.78 is 10.5. The predicted octanol–water partition coefficient (Wildman–Crippen LogP) is 3.15. The number of benzene rings is 1. The lowest BCUT2D eigenvalue weighted by atomic mass is 10.1. The van der Waals surface area contributed by atoms with Gasteiger partial charge < -0.3 is 20.4 Å². The van der Waals surface area contributed by atoms with Crippen molar-refractivity contribution in [3.63, 3.8) is 0 Å². The Morgan fingerprint density at radius 1 is 1.00 bits per heavy atom. The van der Waals surface area contributed by atoms with E-state index in [0.29, 0.717) is 48.7 Å². The van der Waals surface area contributed by atoms with Crippen LogP contribution in [0.3, 0.4) is 0 Å². The summed E-state index contributed by atoms with van der Waals surface area (Å²) in [6, 6.07) is 4.34. The number of methoxy groups -OCH3 is 1. The number of amides is 2. The SMILES string of the molecule is CCCCCCN=c1nc2n(CCCOC)c3ccc(C(=O)N[C@@H](C)C(N)=O)cc3n2c(=O)n1CCCCCC. The van der Waals surface area contributed by atoms with E-state index in [1.807, 2.05) is 10.6 Å². The number of rotatable bonds is 17. The van der Waals surface area contributed by atoms with Crippen molar-refractivity contribution in [2.75, 3.05) is 20.3 Å². The van der Waals surface area contributed by atoms with Gasteiger partial charge in [-0.2, -0.15) is 4.98 Å². The topological polar surface area (TPSA) is 138 Å². The molecule has 3 N–H and O–H groups in total. The Morgan fingerprint density at radius 3 is 2.38 bits per heavy atom. The van der Waals surface area contributed by atoms with E-state index in [1.165, 1.54) is 6.92 Å². The fourth-order valence-corrected chi connectivity index (χ4v) is 4.73. The maximum Gasteiger partial charge on any atom is 0.338 e. The Hall–Kier alpha value is -3.47.